The van der Waals surface area contributed by atoms with Gasteiger partial charge in [-0.3, -0.25) is 9.89 Å². The number of benzene rings is 2. The molecular formula is C19H15ClN4O. The molecule has 0 saturated carbocycles. The van der Waals surface area contributed by atoms with Gasteiger partial charge in [-0.2, -0.15) is 5.10 Å². The molecule has 0 atom stereocenters. The molecule has 4 aromatic rings. The highest BCUT2D eigenvalue weighted by Crippen LogP contribution is 2.20. The molecule has 0 bridgehead atoms. The number of aromatic amines is 2. The Balaban J connectivity index is 1.44. The first-order chi connectivity index (χ1) is 12.2. The van der Waals surface area contributed by atoms with Gasteiger partial charge in [-0.1, -0.05) is 41.9 Å². The molecule has 0 aliphatic heterocycles. The van der Waals surface area contributed by atoms with Crippen LogP contribution in [-0.4, -0.2) is 21.1 Å². The number of amides is 1. The quantitative estimate of drug-likeness (QED) is 0.517. The minimum Gasteiger partial charge on any atom is -0.350 e. The summed E-state index contributed by atoms with van der Waals surface area (Å²) in [5.74, 6) is -0.148. The first-order valence-electron chi connectivity index (χ1n) is 7.84. The average Bonchev–Trinajstić information content (AvgIpc) is 3.29. The first kappa shape index (κ1) is 15.5. The second kappa shape index (κ2) is 6.45. The van der Waals surface area contributed by atoms with Gasteiger partial charge in [0.25, 0.3) is 5.91 Å². The van der Waals surface area contributed by atoms with Gasteiger partial charge in [0.1, 0.15) is 5.69 Å². The third-order valence-electron chi connectivity index (χ3n) is 4.05. The van der Waals surface area contributed by atoms with Crippen molar-refractivity contribution in [1.29, 1.82) is 0 Å². The molecule has 2 aromatic heterocycles. The number of aromatic nitrogens is 3. The second-order valence-corrected chi connectivity index (χ2v) is 6.20. The first-order valence-corrected chi connectivity index (χ1v) is 8.22. The molecule has 124 valence electrons. The van der Waals surface area contributed by atoms with Crippen molar-refractivity contribution in [2.45, 2.75) is 6.54 Å². The Bertz CT molecular complexity index is 1020. The monoisotopic (exact) mass is 350 g/mol. The summed E-state index contributed by atoms with van der Waals surface area (Å²) in [6.45, 7) is 0.457. The lowest BCUT2D eigenvalue weighted by Gasteiger charge is -2.05. The van der Waals surface area contributed by atoms with Crippen molar-refractivity contribution in [3.8, 4) is 11.3 Å². The number of H-pyrrole nitrogens is 2. The van der Waals surface area contributed by atoms with Gasteiger partial charge in [0.05, 0.1) is 5.69 Å². The third-order valence-corrected chi connectivity index (χ3v) is 4.28. The van der Waals surface area contributed by atoms with Crippen LogP contribution in [0, 0.1) is 0 Å². The predicted octanol–water partition coefficient (Wildman–Crippen LogP) is 4.14. The summed E-state index contributed by atoms with van der Waals surface area (Å²) in [6, 6.07) is 17.2. The zero-order chi connectivity index (χ0) is 17.2. The molecule has 1 amide bonds. The third kappa shape index (κ3) is 3.27. The van der Waals surface area contributed by atoms with Crippen molar-refractivity contribution in [3.05, 3.63) is 77.1 Å². The van der Waals surface area contributed by atoms with Gasteiger partial charge in [-0.15, -0.1) is 0 Å². The molecule has 0 unspecified atom stereocenters. The summed E-state index contributed by atoms with van der Waals surface area (Å²) in [5, 5.41) is 11.4. The van der Waals surface area contributed by atoms with Crippen LogP contribution in [0.5, 0.6) is 0 Å². The molecule has 6 heteroatoms. The molecule has 5 nitrogen and oxygen atoms in total. The lowest BCUT2D eigenvalue weighted by molar-refractivity contribution is 0.0947. The Morgan fingerprint density at radius 1 is 1.08 bits per heavy atom. The maximum absolute atomic E-state index is 12.3. The van der Waals surface area contributed by atoms with Crippen LogP contribution in [-0.2, 0) is 6.54 Å². The summed E-state index contributed by atoms with van der Waals surface area (Å²) in [4.78, 5) is 15.4. The molecule has 25 heavy (non-hydrogen) atoms. The van der Waals surface area contributed by atoms with E-state index < -0.39 is 0 Å². The number of hydrogen-bond donors (Lipinski definition) is 3. The van der Waals surface area contributed by atoms with E-state index in [4.69, 9.17) is 11.6 Å². The van der Waals surface area contributed by atoms with Gasteiger partial charge >= 0.3 is 0 Å². The molecule has 0 fully saturated rings. The number of fused-ring (bicyclic) bond motifs is 1. The van der Waals surface area contributed by atoms with Gasteiger partial charge in [-0.05, 0) is 35.4 Å². The highest BCUT2D eigenvalue weighted by molar-refractivity contribution is 6.31. The number of nitrogens with zero attached hydrogens (tertiary/aromatic N) is 1. The van der Waals surface area contributed by atoms with E-state index in [2.05, 4.69) is 20.5 Å². The van der Waals surface area contributed by atoms with E-state index in [0.29, 0.717) is 17.3 Å². The standard InChI is InChI=1S/C19H15ClN4O/c20-15-6-5-14-9-18(23-17(14)10-15)19(25)21-11-12-1-3-13(4-2-12)16-7-8-22-24-16/h1-10,23H,11H2,(H,21,25)(H,22,24). The fourth-order valence-electron chi connectivity index (χ4n) is 2.72. The van der Waals surface area contributed by atoms with Crippen LogP contribution < -0.4 is 5.32 Å². The largest absolute Gasteiger partial charge is 0.350 e. The molecule has 0 spiro atoms. The van der Waals surface area contributed by atoms with E-state index >= 15 is 0 Å². The van der Waals surface area contributed by atoms with E-state index in [1.807, 2.05) is 48.5 Å². The number of rotatable bonds is 4. The summed E-state index contributed by atoms with van der Waals surface area (Å²) in [6.07, 6.45) is 1.72. The zero-order valence-corrected chi connectivity index (χ0v) is 14.0. The summed E-state index contributed by atoms with van der Waals surface area (Å²) >= 11 is 5.97. The normalized spacial score (nSPS) is 10.9. The number of carbonyl (C=O) groups excluding carboxylic acids is 1. The molecule has 0 radical (unpaired) electrons. The SMILES string of the molecule is O=C(NCc1ccc(-c2ccn[nH]2)cc1)c1cc2ccc(Cl)cc2[nH]1. The van der Waals surface area contributed by atoms with Gasteiger partial charge < -0.3 is 10.3 Å². The van der Waals surface area contributed by atoms with Crippen molar-refractivity contribution in [1.82, 2.24) is 20.5 Å². The molecule has 2 heterocycles. The van der Waals surface area contributed by atoms with Crippen molar-refractivity contribution < 1.29 is 4.79 Å². The van der Waals surface area contributed by atoms with Crippen LogP contribution in [0.3, 0.4) is 0 Å². The van der Waals surface area contributed by atoms with Crippen LogP contribution in [0.2, 0.25) is 5.02 Å². The Labute approximate surface area is 149 Å². The Morgan fingerprint density at radius 2 is 1.92 bits per heavy atom. The molecule has 4 rings (SSSR count). The van der Waals surface area contributed by atoms with E-state index in [9.17, 15) is 4.79 Å². The summed E-state index contributed by atoms with van der Waals surface area (Å²) in [7, 11) is 0. The summed E-state index contributed by atoms with van der Waals surface area (Å²) < 4.78 is 0. The molecule has 2 aromatic carbocycles. The topological polar surface area (TPSA) is 73.6 Å². The molecule has 0 aliphatic carbocycles. The van der Waals surface area contributed by atoms with Gasteiger partial charge in [-0.25, -0.2) is 0 Å². The zero-order valence-electron chi connectivity index (χ0n) is 13.2. The predicted molar refractivity (Wildman–Crippen MR) is 98.5 cm³/mol. The van der Waals surface area contributed by atoms with E-state index in [1.54, 1.807) is 12.3 Å². The maximum atomic E-state index is 12.3. The lowest BCUT2D eigenvalue weighted by atomic mass is 10.1. The molecule has 0 saturated heterocycles. The molecule has 0 aliphatic rings. The smallest absolute Gasteiger partial charge is 0.267 e. The number of carbonyl (C=O) groups is 1. The summed E-state index contributed by atoms with van der Waals surface area (Å²) in [5.41, 5.74) is 4.41. The number of nitrogens with one attached hydrogen (secondary N) is 3. The Hall–Kier alpha value is -3.05. The van der Waals surface area contributed by atoms with Crippen LogP contribution in [0.15, 0.2) is 60.8 Å². The van der Waals surface area contributed by atoms with E-state index in [-0.39, 0.29) is 5.91 Å². The molecular weight excluding hydrogens is 336 g/mol. The van der Waals surface area contributed by atoms with Gasteiger partial charge in [0.2, 0.25) is 0 Å². The fraction of sp³-hybridized carbons (Fsp3) is 0.0526. The van der Waals surface area contributed by atoms with Crippen LogP contribution in [0.25, 0.3) is 22.2 Å². The van der Waals surface area contributed by atoms with Crippen molar-refractivity contribution in [2.24, 2.45) is 0 Å². The maximum Gasteiger partial charge on any atom is 0.267 e. The van der Waals surface area contributed by atoms with Crippen LogP contribution in [0.1, 0.15) is 16.1 Å². The number of hydrogen-bond acceptors (Lipinski definition) is 2. The van der Waals surface area contributed by atoms with Crippen molar-refractivity contribution >= 4 is 28.4 Å². The van der Waals surface area contributed by atoms with Gasteiger partial charge in [0.15, 0.2) is 0 Å². The van der Waals surface area contributed by atoms with Crippen LogP contribution >= 0.6 is 11.6 Å². The minimum absolute atomic E-state index is 0.148. The lowest BCUT2D eigenvalue weighted by Crippen LogP contribution is -2.23. The Kier molecular flexibility index (Phi) is 3.99. The van der Waals surface area contributed by atoms with Crippen LogP contribution in [0.4, 0.5) is 0 Å². The highest BCUT2D eigenvalue weighted by atomic mass is 35.5. The van der Waals surface area contributed by atoms with E-state index in [1.165, 1.54) is 0 Å². The van der Waals surface area contributed by atoms with Crippen molar-refractivity contribution in [2.75, 3.05) is 0 Å². The molecule has 3 N–H and O–H groups in total. The van der Waals surface area contributed by atoms with E-state index in [0.717, 1.165) is 27.7 Å². The highest BCUT2D eigenvalue weighted by Gasteiger charge is 2.09. The van der Waals surface area contributed by atoms with Crippen molar-refractivity contribution in [3.63, 3.8) is 0 Å². The van der Waals surface area contributed by atoms with Gasteiger partial charge in [0, 0.05) is 28.7 Å². The second-order valence-electron chi connectivity index (χ2n) is 5.76. The fourth-order valence-corrected chi connectivity index (χ4v) is 2.89. The average molecular weight is 351 g/mol. The number of halogens is 1. The minimum atomic E-state index is -0.148. The Morgan fingerprint density at radius 3 is 2.68 bits per heavy atom.